The summed E-state index contributed by atoms with van der Waals surface area (Å²) in [5.74, 6) is -1.04. The predicted molar refractivity (Wildman–Crippen MR) is 113 cm³/mol. The Morgan fingerprint density at radius 2 is 2.03 bits per heavy atom. The van der Waals surface area contributed by atoms with E-state index in [-0.39, 0.29) is 17.3 Å². The van der Waals surface area contributed by atoms with Crippen LogP contribution in [0.25, 0.3) is 0 Å². The Hall–Kier alpha value is -2.65. The number of ether oxygens (including phenoxy) is 2. The molecule has 10 heteroatoms. The van der Waals surface area contributed by atoms with Gasteiger partial charge in [-0.15, -0.1) is 11.3 Å². The lowest BCUT2D eigenvalue weighted by molar-refractivity contribution is 0.0226. The van der Waals surface area contributed by atoms with Crippen molar-refractivity contribution in [1.82, 2.24) is 9.88 Å². The number of amides is 2. The van der Waals surface area contributed by atoms with Gasteiger partial charge in [-0.1, -0.05) is 11.6 Å². The van der Waals surface area contributed by atoms with E-state index >= 15 is 0 Å². The standard InChI is InChI=1S/C20H22ClN3O5S/c1-20(2,3)29-19(27)24-9-7-11-13(10-24)30-17(14(11)18(26)28-4)23-16(25)12-6-5-8-22-15(12)21/h5-6,8H,7,9-10H2,1-4H3,(H,23,25). The molecule has 0 atom stereocenters. The van der Waals surface area contributed by atoms with Gasteiger partial charge in [0.1, 0.15) is 15.8 Å². The van der Waals surface area contributed by atoms with E-state index in [9.17, 15) is 14.4 Å². The zero-order chi connectivity index (χ0) is 22.1. The minimum absolute atomic E-state index is 0.0621. The fourth-order valence-electron chi connectivity index (χ4n) is 3.02. The van der Waals surface area contributed by atoms with Gasteiger partial charge in [0.2, 0.25) is 0 Å². The molecule has 2 aromatic rings. The average Bonchev–Trinajstić information content (AvgIpc) is 3.03. The van der Waals surface area contributed by atoms with Crippen molar-refractivity contribution >= 4 is 45.9 Å². The van der Waals surface area contributed by atoms with E-state index in [4.69, 9.17) is 21.1 Å². The van der Waals surface area contributed by atoms with E-state index in [1.165, 1.54) is 24.6 Å². The van der Waals surface area contributed by atoms with Crippen LogP contribution in [0.15, 0.2) is 18.3 Å². The maximum absolute atomic E-state index is 12.7. The van der Waals surface area contributed by atoms with Gasteiger partial charge in [-0.2, -0.15) is 0 Å². The Morgan fingerprint density at radius 1 is 1.30 bits per heavy atom. The number of aromatic nitrogens is 1. The highest BCUT2D eigenvalue weighted by atomic mass is 35.5. The van der Waals surface area contributed by atoms with E-state index in [0.717, 1.165) is 10.4 Å². The van der Waals surface area contributed by atoms with Crippen LogP contribution < -0.4 is 5.32 Å². The molecule has 2 amide bonds. The van der Waals surface area contributed by atoms with E-state index in [2.05, 4.69) is 10.3 Å². The fraction of sp³-hybridized carbons (Fsp3) is 0.400. The Balaban J connectivity index is 1.89. The summed E-state index contributed by atoms with van der Waals surface area (Å²) in [7, 11) is 1.28. The molecule has 0 aromatic carbocycles. The number of pyridine rings is 1. The lowest BCUT2D eigenvalue weighted by Gasteiger charge is -2.30. The number of methoxy groups -OCH3 is 1. The Morgan fingerprint density at radius 3 is 2.67 bits per heavy atom. The van der Waals surface area contributed by atoms with Crippen molar-refractivity contribution in [3.8, 4) is 0 Å². The first-order chi connectivity index (χ1) is 14.1. The van der Waals surface area contributed by atoms with E-state index in [1.807, 2.05) is 0 Å². The van der Waals surface area contributed by atoms with Gasteiger partial charge in [-0.05, 0) is 44.9 Å². The van der Waals surface area contributed by atoms with Crippen molar-refractivity contribution in [2.24, 2.45) is 0 Å². The number of nitrogens with one attached hydrogen (secondary N) is 1. The topological polar surface area (TPSA) is 97.8 Å². The molecule has 0 unspecified atom stereocenters. The third-order valence-electron chi connectivity index (χ3n) is 4.33. The molecule has 0 fully saturated rings. The molecular weight excluding hydrogens is 430 g/mol. The van der Waals surface area contributed by atoms with Crippen LogP contribution in [-0.2, 0) is 22.4 Å². The van der Waals surface area contributed by atoms with Crippen molar-refractivity contribution < 1.29 is 23.9 Å². The van der Waals surface area contributed by atoms with Crippen molar-refractivity contribution in [3.63, 3.8) is 0 Å². The molecule has 1 aliphatic heterocycles. The van der Waals surface area contributed by atoms with Gasteiger partial charge in [0.25, 0.3) is 5.91 Å². The summed E-state index contributed by atoms with van der Waals surface area (Å²) in [6.45, 7) is 6.08. The maximum Gasteiger partial charge on any atom is 0.410 e. The van der Waals surface area contributed by atoms with Gasteiger partial charge in [-0.25, -0.2) is 14.6 Å². The van der Waals surface area contributed by atoms with Crippen molar-refractivity contribution in [2.45, 2.75) is 39.3 Å². The minimum atomic E-state index is -0.605. The van der Waals surface area contributed by atoms with Crippen molar-refractivity contribution in [3.05, 3.63) is 45.1 Å². The van der Waals surface area contributed by atoms with E-state index in [1.54, 1.807) is 37.8 Å². The second kappa shape index (κ2) is 8.61. The first-order valence-electron chi connectivity index (χ1n) is 9.23. The molecule has 3 rings (SSSR count). The average molecular weight is 452 g/mol. The van der Waals surface area contributed by atoms with Gasteiger partial charge in [0.15, 0.2) is 0 Å². The maximum atomic E-state index is 12.7. The molecule has 1 aliphatic rings. The summed E-state index contributed by atoms with van der Waals surface area (Å²) >= 11 is 7.23. The van der Waals surface area contributed by atoms with Crippen molar-refractivity contribution in [1.29, 1.82) is 0 Å². The highest BCUT2D eigenvalue weighted by Crippen LogP contribution is 2.38. The second-order valence-electron chi connectivity index (χ2n) is 7.65. The monoisotopic (exact) mass is 451 g/mol. The van der Waals surface area contributed by atoms with Crippen molar-refractivity contribution in [2.75, 3.05) is 19.0 Å². The van der Waals surface area contributed by atoms with Crippen LogP contribution in [0.2, 0.25) is 5.15 Å². The zero-order valence-electron chi connectivity index (χ0n) is 17.1. The zero-order valence-corrected chi connectivity index (χ0v) is 18.6. The number of hydrogen-bond donors (Lipinski definition) is 1. The van der Waals surface area contributed by atoms with E-state index < -0.39 is 23.6 Å². The lowest BCUT2D eigenvalue weighted by atomic mass is 10.0. The SMILES string of the molecule is COC(=O)c1c(NC(=O)c2cccnc2Cl)sc2c1CCN(C(=O)OC(C)(C)C)C2. The van der Waals surface area contributed by atoms with Crippen LogP contribution in [0, 0.1) is 0 Å². The Labute approximate surface area is 183 Å². The molecule has 160 valence electrons. The molecular formula is C20H22ClN3O5S. The van der Waals surface area contributed by atoms with E-state index in [0.29, 0.717) is 23.5 Å². The highest BCUT2D eigenvalue weighted by molar-refractivity contribution is 7.17. The summed E-state index contributed by atoms with van der Waals surface area (Å²) < 4.78 is 10.4. The van der Waals surface area contributed by atoms with Gasteiger partial charge in [0.05, 0.1) is 24.8 Å². The molecule has 0 bridgehead atoms. The third kappa shape index (κ3) is 4.73. The molecule has 0 aliphatic carbocycles. The van der Waals surface area contributed by atoms with Crippen LogP contribution in [-0.4, -0.2) is 47.1 Å². The van der Waals surface area contributed by atoms with Crippen LogP contribution in [0.1, 0.15) is 51.9 Å². The molecule has 1 N–H and O–H groups in total. The van der Waals surface area contributed by atoms with Gasteiger partial charge in [0, 0.05) is 17.6 Å². The molecule has 2 aromatic heterocycles. The number of esters is 1. The lowest BCUT2D eigenvalue weighted by Crippen LogP contribution is -2.39. The summed E-state index contributed by atoms with van der Waals surface area (Å²) in [5.41, 5.74) is 0.650. The number of hydrogen-bond acceptors (Lipinski definition) is 7. The summed E-state index contributed by atoms with van der Waals surface area (Å²) in [4.78, 5) is 43.8. The van der Waals surface area contributed by atoms with Crippen LogP contribution in [0.3, 0.4) is 0 Å². The van der Waals surface area contributed by atoms with Crippen LogP contribution >= 0.6 is 22.9 Å². The summed E-state index contributed by atoms with van der Waals surface area (Å²) in [5, 5.41) is 3.15. The third-order valence-corrected chi connectivity index (χ3v) is 5.76. The molecule has 8 nitrogen and oxygen atoms in total. The quantitative estimate of drug-likeness (QED) is 0.556. The number of rotatable bonds is 3. The number of anilines is 1. The molecule has 0 spiro atoms. The van der Waals surface area contributed by atoms with Gasteiger partial charge >= 0.3 is 12.1 Å². The molecule has 0 saturated heterocycles. The second-order valence-corrected chi connectivity index (χ2v) is 9.11. The number of carbonyl (C=O) groups excluding carboxylic acids is 3. The molecule has 3 heterocycles. The first kappa shape index (κ1) is 22.0. The Bertz CT molecular complexity index is 999. The summed E-state index contributed by atoms with van der Waals surface area (Å²) in [6, 6.07) is 3.14. The molecule has 0 radical (unpaired) electrons. The highest BCUT2D eigenvalue weighted by Gasteiger charge is 2.32. The van der Waals surface area contributed by atoms with Gasteiger partial charge < -0.3 is 19.7 Å². The van der Waals surface area contributed by atoms with Crippen LogP contribution in [0.5, 0.6) is 0 Å². The smallest absolute Gasteiger partial charge is 0.410 e. The number of thiophene rings is 1. The van der Waals surface area contributed by atoms with Gasteiger partial charge in [-0.3, -0.25) is 4.79 Å². The summed E-state index contributed by atoms with van der Waals surface area (Å²) in [6.07, 6.45) is 1.50. The largest absolute Gasteiger partial charge is 0.465 e. The predicted octanol–water partition coefficient (Wildman–Crippen LogP) is 4.13. The normalized spacial score (nSPS) is 13.4. The first-order valence-corrected chi connectivity index (χ1v) is 10.4. The minimum Gasteiger partial charge on any atom is -0.465 e. The number of nitrogens with zero attached hydrogens (tertiary/aromatic N) is 2. The molecule has 0 saturated carbocycles. The Kier molecular flexibility index (Phi) is 6.33. The number of carbonyl (C=O) groups is 3. The van der Waals surface area contributed by atoms with Crippen LogP contribution in [0.4, 0.5) is 9.80 Å². The number of halogens is 1. The fourth-order valence-corrected chi connectivity index (χ4v) is 4.47. The number of fused-ring (bicyclic) bond motifs is 1. The molecule has 30 heavy (non-hydrogen) atoms.